The van der Waals surface area contributed by atoms with E-state index < -0.39 is 35.9 Å². The number of carboxylic acids is 2. The average molecular weight is 280 g/mol. The molecule has 4 atom stereocenters. The van der Waals surface area contributed by atoms with Gasteiger partial charge in [-0.15, -0.1) is 0 Å². The Morgan fingerprint density at radius 1 is 0.950 bits per heavy atom. The molecule has 20 heavy (non-hydrogen) atoms. The quantitative estimate of drug-likeness (QED) is 0.643. The molecule has 0 saturated heterocycles. The van der Waals surface area contributed by atoms with Gasteiger partial charge in [-0.05, 0) is 26.7 Å². The lowest BCUT2D eigenvalue weighted by molar-refractivity contribution is -0.141. The minimum atomic E-state index is -1.21. The molecule has 108 valence electrons. The molecule has 0 bridgehead atoms. The van der Waals surface area contributed by atoms with Gasteiger partial charge in [0.1, 0.15) is 11.8 Å². The van der Waals surface area contributed by atoms with Crippen LogP contribution in [0.4, 0.5) is 0 Å². The molecule has 0 aromatic carbocycles. The molecule has 0 amide bonds. The maximum atomic E-state index is 10.7. The van der Waals surface area contributed by atoms with Crippen LogP contribution in [0.25, 0.3) is 0 Å². The van der Waals surface area contributed by atoms with E-state index in [0.717, 1.165) is 0 Å². The first-order valence-electron chi connectivity index (χ1n) is 5.96. The summed E-state index contributed by atoms with van der Waals surface area (Å²) in [6, 6.07) is 2.37. The number of azo groups is 1. The van der Waals surface area contributed by atoms with Crippen molar-refractivity contribution in [2.45, 2.75) is 38.8 Å². The fourth-order valence-corrected chi connectivity index (χ4v) is 1.42. The molecule has 0 spiro atoms. The van der Waals surface area contributed by atoms with E-state index in [0.29, 0.717) is 0 Å². The highest BCUT2D eigenvalue weighted by molar-refractivity contribution is 5.73. The number of nitriles is 2. The molecule has 4 unspecified atom stereocenters. The highest BCUT2D eigenvalue weighted by Crippen LogP contribution is 2.13. The number of hydrogen-bond acceptors (Lipinski definition) is 6. The summed E-state index contributed by atoms with van der Waals surface area (Å²) in [5, 5.41) is 42.4. The van der Waals surface area contributed by atoms with Crippen LogP contribution in [-0.4, -0.2) is 34.2 Å². The van der Waals surface area contributed by atoms with Crippen molar-refractivity contribution < 1.29 is 19.8 Å². The van der Waals surface area contributed by atoms with E-state index in [2.05, 4.69) is 10.2 Å². The van der Waals surface area contributed by atoms with Gasteiger partial charge in [0.05, 0.1) is 24.2 Å². The zero-order valence-electron chi connectivity index (χ0n) is 11.2. The van der Waals surface area contributed by atoms with Crippen molar-refractivity contribution in [1.29, 1.82) is 10.5 Å². The third-order valence-electron chi connectivity index (χ3n) is 2.52. The molecule has 0 aliphatic rings. The number of rotatable bonds is 8. The number of carbonyl (C=O) groups is 2. The Morgan fingerprint density at radius 2 is 1.25 bits per heavy atom. The smallest absolute Gasteiger partial charge is 0.320 e. The van der Waals surface area contributed by atoms with Crippen molar-refractivity contribution in [2.75, 3.05) is 0 Å². The first-order valence-corrected chi connectivity index (χ1v) is 5.96. The van der Waals surface area contributed by atoms with Gasteiger partial charge >= 0.3 is 11.9 Å². The number of hydrogen-bond donors (Lipinski definition) is 2. The van der Waals surface area contributed by atoms with Gasteiger partial charge in [0, 0.05) is 0 Å². The first kappa shape index (κ1) is 17.5. The first-order chi connectivity index (χ1) is 9.31. The number of carboxylic acid groups (broad SMARTS) is 2. The Morgan fingerprint density at radius 3 is 1.45 bits per heavy atom. The monoisotopic (exact) mass is 280 g/mol. The van der Waals surface area contributed by atoms with Crippen LogP contribution in [0, 0.1) is 34.5 Å². The van der Waals surface area contributed by atoms with Crippen molar-refractivity contribution in [3.63, 3.8) is 0 Å². The van der Waals surface area contributed by atoms with Crippen molar-refractivity contribution in [3.05, 3.63) is 0 Å². The van der Waals surface area contributed by atoms with E-state index in [9.17, 15) is 9.59 Å². The fourth-order valence-electron chi connectivity index (χ4n) is 1.42. The zero-order valence-corrected chi connectivity index (χ0v) is 11.2. The predicted octanol–water partition coefficient (Wildman–Crippen LogP) is 1.44. The van der Waals surface area contributed by atoms with Gasteiger partial charge in [0.2, 0.25) is 0 Å². The van der Waals surface area contributed by atoms with Gasteiger partial charge in [0.25, 0.3) is 0 Å². The number of nitrogens with zero attached hydrogens (tertiary/aromatic N) is 4. The normalized spacial score (nSPS) is 16.6. The van der Waals surface area contributed by atoms with E-state index in [4.69, 9.17) is 20.7 Å². The molecule has 0 fully saturated rings. The highest BCUT2D eigenvalue weighted by Gasteiger charge is 2.21. The van der Waals surface area contributed by atoms with E-state index in [1.807, 2.05) is 0 Å². The lowest BCUT2D eigenvalue weighted by Crippen LogP contribution is -2.18. The van der Waals surface area contributed by atoms with E-state index in [1.54, 1.807) is 26.0 Å². The molecule has 8 heteroatoms. The van der Waals surface area contributed by atoms with Crippen LogP contribution in [0.15, 0.2) is 10.2 Å². The molecule has 0 aliphatic carbocycles. The number of aliphatic carboxylic acids is 2. The predicted molar refractivity (Wildman–Crippen MR) is 66.5 cm³/mol. The summed E-state index contributed by atoms with van der Waals surface area (Å²) >= 11 is 0. The molecule has 0 saturated carbocycles. The standard InChI is InChI=1S/C12H16N4O4/c1-7(3-9(5-13)11(17)18)15-16-8(2)4-10(6-14)12(19)20/h7-10H,3-4H2,1-2H3,(H,17,18)(H,19,20)/b16-15+. The van der Waals surface area contributed by atoms with Crippen LogP contribution in [0.1, 0.15) is 26.7 Å². The van der Waals surface area contributed by atoms with Gasteiger partial charge in [-0.2, -0.15) is 20.8 Å². The Labute approximate surface area is 116 Å². The van der Waals surface area contributed by atoms with Gasteiger partial charge in [-0.25, -0.2) is 0 Å². The molecule has 0 aromatic rings. The maximum absolute atomic E-state index is 10.7. The Bertz CT molecular complexity index is 421. The van der Waals surface area contributed by atoms with Gasteiger partial charge < -0.3 is 10.2 Å². The van der Waals surface area contributed by atoms with Crippen LogP contribution in [-0.2, 0) is 9.59 Å². The molecule has 0 aliphatic heterocycles. The van der Waals surface area contributed by atoms with E-state index in [-0.39, 0.29) is 12.8 Å². The molecule has 2 N–H and O–H groups in total. The Kier molecular flexibility index (Phi) is 7.53. The summed E-state index contributed by atoms with van der Waals surface area (Å²) in [7, 11) is 0. The van der Waals surface area contributed by atoms with Crippen molar-refractivity contribution in [3.8, 4) is 12.1 Å². The fraction of sp³-hybridized carbons (Fsp3) is 0.667. The van der Waals surface area contributed by atoms with Crippen LogP contribution < -0.4 is 0 Å². The second-order valence-corrected chi connectivity index (χ2v) is 4.44. The molecule has 0 heterocycles. The highest BCUT2D eigenvalue weighted by atomic mass is 16.4. The van der Waals surface area contributed by atoms with Crippen molar-refractivity contribution in [1.82, 2.24) is 0 Å². The summed E-state index contributed by atoms with van der Waals surface area (Å²) < 4.78 is 0. The SMILES string of the molecule is CC(CC(C#N)C(=O)O)/N=N/C(C)CC(C#N)C(=O)O. The summed E-state index contributed by atoms with van der Waals surface area (Å²) in [6.45, 7) is 3.23. The zero-order chi connectivity index (χ0) is 15.7. The summed E-state index contributed by atoms with van der Waals surface area (Å²) in [4.78, 5) is 21.3. The van der Waals surface area contributed by atoms with Crippen LogP contribution >= 0.6 is 0 Å². The average Bonchev–Trinajstić information content (AvgIpc) is 2.38. The van der Waals surface area contributed by atoms with Crippen LogP contribution in [0.3, 0.4) is 0 Å². The largest absolute Gasteiger partial charge is 0.480 e. The van der Waals surface area contributed by atoms with Gasteiger partial charge in [0.15, 0.2) is 0 Å². The lowest BCUT2D eigenvalue weighted by Gasteiger charge is -2.10. The second-order valence-electron chi connectivity index (χ2n) is 4.44. The molecule has 0 radical (unpaired) electrons. The minimum Gasteiger partial charge on any atom is -0.480 e. The Hall–Kier alpha value is -2.48. The third kappa shape index (κ3) is 6.45. The van der Waals surface area contributed by atoms with Crippen LogP contribution in [0.2, 0.25) is 0 Å². The molecule has 0 rings (SSSR count). The topological polar surface area (TPSA) is 147 Å². The lowest BCUT2D eigenvalue weighted by atomic mass is 10.0. The van der Waals surface area contributed by atoms with E-state index >= 15 is 0 Å². The van der Waals surface area contributed by atoms with Crippen molar-refractivity contribution >= 4 is 11.9 Å². The third-order valence-corrected chi connectivity index (χ3v) is 2.52. The molecule has 8 nitrogen and oxygen atoms in total. The van der Waals surface area contributed by atoms with Gasteiger partial charge in [-0.3, -0.25) is 9.59 Å². The molecular formula is C12H16N4O4. The summed E-state index contributed by atoms with van der Waals surface area (Å²) in [6.07, 6.45) is 0.0608. The molecular weight excluding hydrogens is 264 g/mol. The Balaban J connectivity index is 4.42. The van der Waals surface area contributed by atoms with Crippen molar-refractivity contribution in [2.24, 2.45) is 22.1 Å². The second kappa shape index (κ2) is 8.59. The summed E-state index contributed by atoms with van der Waals surface area (Å²) in [5.74, 6) is -4.72. The van der Waals surface area contributed by atoms with E-state index in [1.165, 1.54) is 0 Å². The molecule has 0 aromatic heterocycles. The van der Waals surface area contributed by atoms with Gasteiger partial charge in [-0.1, -0.05) is 0 Å². The minimum absolute atomic E-state index is 0.0304. The maximum Gasteiger partial charge on any atom is 0.320 e. The summed E-state index contributed by atoms with van der Waals surface area (Å²) in [5.41, 5.74) is 0. The van der Waals surface area contributed by atoms with Crippen LogP contribution in [0.5, 0.6) is 0 Å².